The van der Waals surface area contributed by atoms with Crippen molar-refractivity contribution in [2.75, 3.05) is 52.6 Å². The van der Waals surface area contributed by atoms with Crippen molar-refractivity contribution in [2.24, 2.45) is 4.99 Å². The molecule has 3 saturated heterocycles. The lowest BCUT2D eigenvalue weighted by atomic mass is 9.74. The van der Waals surface area contributed by atoms with Gasteiger partial charge in [0.1, 0.15) is 11.9 Å². The van der Waals surface area contributed by atoms with Gasteiger partial charge in [0.15, 0.2) is 5.96 Å². The summed E-state index contributed by atoms with van der Waals surface area (Å²) in [6, 6.07) is 6.92. The Morgan fingerprint density at radius 2 is 1.90 bits per heavy atom. The lowest BCUT2D eigenvalue weighted by Crippen LogP contribution is -2.53. The number of hydrogen-bond donors (Lipinski definition) is 1. The van der Waals surface area contributed by atoms with E-state index in [4.69, 9.17) is 19.2 Å². The predicted molar refractivity (Wildman–Crippen MR) is 114 cm³/mol. The second-order valence-corrected chi connectivity index (χ2v) is 8.48. The fourth-order valence-electron chi connectivity index (χ4n) is 4.74. The van der Waals surface area contributed by atoms with E-state index in [1.165, 1.54) is 0 Å². The fourth-order valence-corrected chi connectivity index (χ4v) is 4.74. The van der Waals surface area contributed by atoms with Crippen LogP contribution in [0.5, 0.6) is 0 Å². The quantitative estimate of drug-likeness (QED) is 0.588. The van der Waals surface area contributed by atoms with Gasteiger partial charge in [-0.2, -0.15) is 0 Å². The van der Waals surface area contributed by atoms with E-state index in [9.17, 15) is 4.39 Å². The van der Waals surface area contributed by atoms with Crippen LogP contribution in [0.15, 0.2) is 29.3 Å². The summed E-state index contributed by atoms with van der Waals surface area (Å²) in [4.78, 5) is 7.38. The van der Waals surface area contributed by atoms with E-state index < -0.39 is 0 Å². The molecule has 30 heavy (non-hydrogen) atoms. The minimum absolute atomic E-state index is 0.0965. The van der Waals surface area contributed by atoms with E-state index >= 15 is 0 Å². The smallest absolute Gasteiger partial charge is 0.194 e. The van der Waals surface area contributed by atoms with Crippen LogP contribution in [0.4, 0.5) is 4.39 Å². The molecule has 166 valence electrons. The largest absolute Gasteiger partial charge is 0.381 e. The maximum absolute atomic E-state index is 13.5. The van der Waals surface area contributed by atoms with Gasteiger partial charge in [0.25, 0.3) is 0 Å². The number of aliphatic imine (C=N–C) groups is 1. The molecular formula is C23H34FN3O3. The van der Waals surface area contributed by atoms with E-state index in [0.29, 0.717) is 26.4 Å². The Morgan fingerprint density at radius 3 is 2.60 bits per heavy atom. The number of guanidine groups is 1. The molecule has 3 aliphatic heterocycles. The van der Waals surface area contributed by atoms with Gasteiger partial charge < -0.3 is 24.4 Å². The van der Waals surface area contributed by atoms with Crippen LogP contribution in [0.2, 0.25) is 0 Å². The highest BCUT2D eigenvalue weighted by Gasteiger charge is 2.36. The molecule has 0 saturated carbocycles. The average molecular weight is 420 g/mol. The second-order valence-electron chi connectivity index (χ2n) is 8.48. The summed E-state index contributed by atoms with van der Waals surface area (Å²) in [6.07, 6.45) is 4.25. The highest BCUT2D eigenvalue weighted by molar-refractivity contribution is 5.80. The number of rotatable bonds is 5. The maximum atomic E-state index is 13.5. The first kappa shape index (κ1) is 21.5. The van der Waals surface area contributed by atoms with Gasteiger partial charge in [0.2, 0.25) is 0 Å². The summed E-state index contributed by atoms with van der Waals surface area (Å²) in [5, 5.41) is 3.47. The lowest BCUT2D eigenvalue weighted by molar-refractivity contribution is -0.0817. The van der Waals surface area contributed by atoms with Gasteiger partial charge in [-0.3, -0.25) is 4.99 Å². The number of nitrogens with one attached hydrogen (secondary N) is 1. The maximum Gasteiger partial charge on any atom is 0.194 e. The third-order valence-electron chi connectivity index (χ3n) is 6.55. The first-order valence-corrected chi connectivity index (χ1v) is 11.3. The number of hydrogen-bond acceptors (Lipinski definition) is 4. The molecule has 1 aromatic carbocycles. The van der Waals surface area contributed by atoms with E-state index in [0.717, 1.165) is 63.4 Å². The molecule has 0 spiro atoms. The highest BCUT2D eigenvalue weighted by Crippen LogP contribution is 2.35. The Balaban J connectivity index is 1.51. The molecule has 0 aliphatic carbocycles. The molecular weight excluding hydrogens is 385 g/mol. The Hall–Kier alpha value is -1.70. The van der Waals surface area contributed by atoms with Gasteiger partial charge in [-0.15, -0.1) is 0 Å². The first-order valence-electron chi connectivity index (χ1n) is 11.3. The molecule has 0 bridgehead atoms. The standard InChI is InChI=1S/C23H34FN3O3/c1-2-25-22(27-11-15-30-21(16-27)20-4-3-12-29-20)26-17-23(9-13-28-14-10-23)18-5-7-19(24)8-6-18/h5-8,20-21H,2-4,9-17H2,1H3,(H,25,26). The molecule has 1 N–H and O–H groups in total. The molecule has 3 aliphatic rings. The van der Waals surface area contributed by atoms with Crippen molar-refractivity contribution in [1.82, 2.24) is 10.2 Å². The van der Waals surface area contributed by atoms with Crippen LogP contribution in [0, 0.1) is 5.82 Å². The van der Waals surface area contributed by atoms with Gasteiger partial charge in [-0.05, 0) is 50.3 Å². The average Bonchev–Trinajstić information content (AvgIpc) is 3.33. The van der Waals surface area contributed by atoms with E-state index in [-0.39, 0.29) is 23.4 Å². The zero-order valence-corrected chi connectivity index (χ0v) is 17.9. The van der Waals surface area contributed by atoms with Crippen LogP contribution in [-0.4, -0.2) is 75.7 Å². The molecule has 0 radical (unpaired) electrons. The molecule has 0 amide bonds. The number of halogens is 1. The Kier molecular flexibility index (Phi) is 7.23. The Labute approximate surface area is 178 Å². The first-order chi connectivity index (χ1) is 14.7. The van der Waals surface area contributed by atoms with Crippen LogP contribution >= 0.6 is 0 Å². The minimum atomic E-state index is -0.203. The number of ether oxygens (including phenoxy) is 3. The van der Waals surface area contributed by atoms with E-state index in [1.54, 1.807) is 12.1 Å². The number of nitrogens with zero attached hydrogens (tertiary/aromatic N) is 2. The summed E-state index contributed by atoms with van der Waals surface area (Å²) in [5.74, 6) is 0.725. The van der Waals surface area contributed by atoms with Crippen molar-refractivity contribution in [2.45, 2.75) is 50.2 Å². The van der Waals surface area contributed by atoms with Crippen molar-refractivity contribution >= 4 is 5.96 Å². The van der Waals surface area contributed by atoms with Gasteiger partial charge in [0, 0.05) is 44.9 Å². The van der Waals surface area contributed by atoms with Crippen LogP contribution in [0.25, 0.3) is 0 Å². The fraction of sp³-hybridized carbons (Fsp3) is 0.696. The number of benzene rings is 1. The number of morpholine rings is 1. The van der Waals surface area contributed by atoms with Crippen LogP contribution < -0.4 is 5.32 Å². The molecule has 2 atom stereocenters. The molecule has 3 heterocycles. The Bertz CT molecular complexity index is 700. The normalized spacial score (nSPS) is 27.3. The zero-order valence-electron chi connectivity index (χ0n) is 17.9. The molecule has 1 aromatic rings. The summed E-state index contributed by atoms with van der Waals surface area (Å²) in [7, 11) is 0. The third-order valence-corrected chi connectivity index (χ3v) is 6.55. The Morgan fingerprint density at radius 1 is 1.13 bits per heavy atom. The topological polar surface area (TPSA) is 55.3 Å². The van der Waals surface area contributed by atoms with Gasteiger partial charge in [0.05, 0.1) is 19.3 Å². The molecule has 2 unspecified atom stereocenters. The SMILES string of the molecule is CCNC(=NCC1(c2ccc(F)cc2)CCOCC1)N1CCOC(C2CCCO2)C1. The van der Waals surface area contributed by atoms with Crippen LogP contribution in [0.1, 0.15) is 38.2 Å². The lowest BCUT2D eigenvalue weighted by Gasteiger charge is -2.39. The monoisotopic (exact) mass is 419 g/mol. The predicted octanol–water partition coefficient (Wildman–Crippen LogP) is 2.72. The van der Waals surface area contributed by atoms with Crippen molar-refractivity contribution < 1.29 is 18.6 Å². The van der Waals surface area contributed by atoms with Gasteiger partial charge in [-0.1, -0.05) is 12.1 Å². The van der Waals surface area contributed by atoms with Gasteiger partial charge >= 0.3 is 0 Å². The summed E-state index contributed by atoms with van der Waals surface area (Å²) < 4.78 is 31.0. The van der Waals surface area contributed by atoms with Crippen LogP contribution in [0.3, 0.4) is 0 Å². The molecule has 7 heteroatoms. The minimum Gasteiger partial charge on any atom is -0.381 e. The van der Waals surface area contributed by atoms with Crippen molar-refractivity contribution in [1.29, 1.82) is 0 Å². The molecule has 0 aromatic heterocycles. The summed E-state index contributed by atoms with van der Waals surface area (Å²) in [6.45, 7) is 8.12. The highest BCUT2D eigenvalue weighted by atomic mass is 19.1. The molecule has 4 rings (SSSR count). The summed E-state index contributed by atoms with van der Waals surface area (Å²) in [5.41, 5.74) is 1.03. The van der Waals surface area contributed by atoms with Crippen molar-refractivity contribution in [3.05, 3.63) is 35.6 Å². The zero-order chi connectivity index (χ0) is 20.8. The van der Waals surface area contributed by atoms with E-state index in [1.807, 2.05) is 12.1 Å². The molecule has 3 fully saturated rings. The van der Waals surface area contributed by atoms with Crippen molar-refractivity contribution in [3.8, 4) is 0 Å². The third kappa shape index (κ3) is 4.95. The second kappa shape index (κ2) is 10.1. The summed E-state index contributed by atoms with van der Waals surface area (Å²) >= 11 is 0. The van der Waals surface area contributed by atoms with E-state index in [2.05, 4.69) is 17.1 Å². The molecule has 6 nitrogen and oxygen atoms in total. The van der Waals surface area contributed by atoms with Gasteiger partial charge in [-0.25, -0.2) is 4.39 Å². The van der Waals surface area contributed by atoms with Crippen molar-refractivity contribution in [3.63, 3.8) is 0 Å². The van der Waals surface area contributed by atoms with Crippen LogP contribution in [-0.2, 0) is 19.6 Å².